The highest BCUT2D eigenvalue weighted by atomic mass is 32.2. The van der Waals surface area contributed by atoms with E-state index in [2.05, 4.69) is 9.71 Å². The van der Waals surface area contributed by atoms with Gasteiger partial charge in [0.05, 0.1) is 17.4 Å². The van der Waals surface area contributed by atoms with Crippen LogP contribution in [0.2, 0.25) is 0 Å². The summed E-state index contributed by atoms with van der Waals surface area (Å²) >= 11 is 0. The van der Waals surface area contributed by atoms with Gasteiger partial charge >= 0.3 is 0 Å². The van der Waals surface area contributed by atoms with Crippen LogP contribution in [-0.2, 0) is 15.6 Å². The van der Waals surface area contributed by atoms with Gasteiger partial charge in [-0.1, -0.05) is 43.2 Å². The zero-order valence-corrected chi connectivity index (χ0v) is 17.8. The average Bonchev–Trinajstić information content (AvgIpc) is 2.74. The second-order valence-electron chi connectivity index (χ2n) is 8.30. The zero-order chi connectivity index (χ0) is 21.4. The fraction of sp³-hybridized carbons (Fsp3) is 0.455. The van der Waals surface area contributed by atoms with Crippen molar-refractivity contribution in [1.29, 1.82) is 0 Å². The van der Waals surface area contributed by atoms with E-state index in [1.165, 1.54) is 12.3 Å². The van der Waals surface area contributed by atoms with Crippen LogP contribution in [0.5, 0.6) is 0 Å². The molecule has 0 bridgehead atoms. The van der Waals surface area contributed by atoms with Crippen LogP contribution in [0, 0.1) is 5.92 Å². The SMILES string of the molecule is CS(=O)(=O)Nc1ccc(C(=O)N2CC[C@](O)(c3ccccc3)[C@H]3CCCC[C@H]32)cn1. The third-order valence-corrected chi connectivity index (χ3v) is 6.89. The Morgan fingerprint density at radius 1 is 1.17 bits per heavy atom. The van der Waals surface area contributed by atoms with Crippen molar-refractivity contribution in [2.45, 2.75) is 43.7 Å². The van der Waals surface area contributed by atoms with E-state index >= 15 is 0 Å². The number of aliphatic hydroxyl groups is 1. The molecule has 8 heteroatoms. The minimum Gasteiger partial charge on any atom is -0.385 e. The summed E-state index contributed by atoms with van der Waals surface area (Å²) in [5.41, 5.74) is 0.417. The van der Waals surface area contributed by atoms with Crippen molar-refractivity contribution < 1.29 is 18.3 Å². The van der Waals surface area contributed by atoms with Crippen LogP contribution in [0.1, 0.15) is 48.0 Å². The smallest absolute Gasteiger partial charge is 0.255 e. The number of carbonyl (C=O) groups is 1. The summed E-state index contributed by atoms with van der Waals surface area (Å²) in [4.78, 5) is 19.2. The number of nitrogens with one attached hydrogen (secondary N) is 1. The van der Waals surface area contributed by atoms with Crippen LogP contribution in [0.4, 0.5) is 5.82 Å². The van der Waals surface area contributed by atoms with Crippen molar-refractivity contribution in [3.8, 4) is 0 Å². The number of pyridine rings is 1. The van der Waals surface area contributed by atoms with Crippen LogP contribution in [0.25, 0.3) is 0 Å². The molecule has 1 aliphatic heterocycles. The molecule has 0 unspecified atom stereocenters. The molecule has 2 aromatic rings. The molecule has 2 heterocycles. The molecule has 0 radical (unpaired) electrons. The first-order valence-electron chi connectivity index (χ1n) is 10.3. The Labute approximate surface area is 177 Å². The number of amides is 1. The van der Waals surface area contributed by atoms with Crippen molar-refractivity contribution >= 4 is 21.7 Å². The van der Waals surface area contributed by atoms with E-state index < -0.39 is 15.6 Å². The molecule has 1 saturated carbocycles. The summed E-state index contributed by atoms with van der Waals surface area (Å²) in [7, 11) is -3.42. The van der Waals surface area contributed by atoms with Gasteiger partial charge in [-0.15, -0.1) is 0 Å². The summed E-state index contributed by atoms with van der Waals surface area (Å²) < 4.78 is 25.0. The second kappa shape index (κ2) is 8.00. The Morgan fingerprint density at radius 2 is 1.90 bits per heavy atom. The topological polar surface area (TPSA) is 99.6 Å². The summed E-state index contributed by atoms with van der Waals surface area (Å²) in [5.74, 6) is 0.0487. The van der Waals surface area contributed by atoms with E-state index in [1.54, 1.807) is 6.07 Å². The Kier molecular flexibility index (Phi) is 5.55. The van der Waals surface area contributed by atoms with E-state index in [0.717, 1.165) is 37.5 Å². The van der Waals surface area contributed by atoms with Gasteiger partial charge in [-0.3, -0.25) is 9.52 Å². The minimum atomic E-state index is -3.42. The second-order valence-corrected chi connectivity index (χ2v) is 10.1. The lowest BCUT2D eigenvalue weighted by atomic mass is 9.66. The number of carbonyl (C=O) groups excluding carboxylic acids is 1. The predicted molar refractivity (Wildman–Crippen MR) is 114 cm³/mol. The normalized spacial score (nSPS) is 26.7. The first-order chi connectivity index (χ1) is 14.3. The summed E-state index contributed by atoms with van der Waals surface area (Å²) in [6, 6.07) is 12.8. The number of aromatic nitrogens is 1. The maximum atomic E-state index is 13.3. The lowest BCUT2D eigenvalue weighted by Crippen LogP contribution is -2.59. The average molecular weight is 430 g/mol. The van der Waals surface area contributed by atoms with Gasteiger partial charge in [0, 0.05) is 24.7 Å². The predicted octanol–water partition coefficient (Wildman–Crippen LogP) is 2.75. The van der Waals surface area contributed by atoms with Crippen molar-refractivity contribution in [3.63, 3.8) is 0 Å². The molecule has 1 aromatic heterocycles. The molecule has 2 aliphatic rings. The number of rotatable bonds is 4. The van der Waals surface area contributed by atoms with Crippen molar-refractivity contribution in [2.75, 3.05) is 17.5 Å². The Morgan fingerprint density at radius 3 is 2.57 bits per heavy atom. The highest BCUT2D eigenvalue weighted by molar-refractivity contribution is 7.92. The molecule has 4 rings (SSSR count). The number of anilines is 1. The standard InChI is InChI=1S/C22H27N3O4S/c1-30(28,29)24-20-12-11-16(15-23-20)21(26)25-14-13-22(27,17-7-3-2-4-8-17)18-9-5-6-10-19(18)25/h2-4,7-8,11-12,15,18-19,27H,5-6,9-10,13-14H2,1H3,(H,23,24)/t18-,19+,22-/m0/s1. The van der Waals surface area contributed by atoms with Crippen molar-refractivity contribution in [3.05, 3.63) is 59.8 Å². The number of hydrogen-bond acceptors (Lipinski definition) is 5. The molecule has 2 N–H and O–H groups in total. The van der Waals surface area contributed by atoms with Gasteiger partial charge in [-0.05, 0) is 37.0 Å². The van der Waals surface area contributed by atoms with Crippen LogP contribution in [0.15, 0.2) is 48.7 Å². The number of benzene rings is 1. The van der Waals surface area contributed by atoms with Crippen LogP contribution >= 0.6 is 0 Å². The summed E-state index contributed by atoms with van der Waals surface area (Å²) in [6.45, 7) is 0.467. The number of likely N-dealkylation sites (tertiary alicyclic amines) is 1. The molecule has 2 fully saturated rings. The Balaban J connectivity index is 1.57. The number of nitrogens with zero attached hydrogens (tertiary/aromatic N) is 2. The highest BCUT2D eigenvalue weighted by Gasteiger charge is 2.50. The van der Waals surface area contributed by atoms with Gasteiger partial charge in [0.1, 0.15) is 5.82 Å². The van der Waals surface area contributed by atoms with Crippen LogP contribution < -0.4 is 4.72 Å². The molecule has 30 heavy (non-hydrogen) atoms. The summed E-state index contributed by atoms with van der Waals surface area (Å²) in [6.07, 6.45) is 6.79. The Hall–Kier alpha value is -2.45. The van der Waals surface area contributed by atoms with Gasteiger partial charge in [0.25, 0.3) is 5.91 Å². The monoisotopic (exact) mass is 429 g/mol. The lowest BCUT2D eigenvalue weighted by molar-refractivity contribution is -0.110. The largest absolute Gasteiger partial charge is 0.385 e. The minimum absolute atomic E-state index is 0.00881. The van der Waals surface area contributed by atoms with E-state index in [4.69, 9.17) is 0 Å². The lowest BCUT2D eigenvalue weighted by Gasteiger charge is -2.52. The van der Waals surface area contributed by atoms with Gasteiger partial charge in [-0.25, -0.2) is 13.4 Å². The third-order valence-electron chi connectivity index (χ3n) is 6.31. The van der Waals surface area contributed by atoms with Crippen molar-refractivity contribution in [2.24, 2.45) is 5.92 Å². The molecule has 3 atom stereocenters. The van der Waals surface area contributed by atoms with Gasteiger partial charge in [0.2, 0.25) is 10.0 Å². The van der Waals surface area contributed by atoms with E-state index in [9.17, 15) is 18.3 Å². The fourth-order valence-corrected chi connectivity index (χ4v) is 5.46. The molecule has 1 aliphatic carbocycles. The molecular weight excluding hydrogens is 402 g/mol. The maximum absolute atomic E-state index is 13.3. The molecule has 7 nitrogen and oxygen atoms in total. The molecule has 1 aromatic carbocycles. The van der Waals surface area contributed by atoms with Crippen LogP contribution in [-0.4, -0.2) is 48.2 Å². The Bertz CT molecular complexity index is 1010. The van der Waals surface area contributed by atoms with Gasteiger partial charge < -0.3 is 10.0 Å². The molecule has 0 spiro atoms. The third kappa shape index (κ3) is 4.06. The number of piperidine rings is 1. The fourth-order valence-electron chi connectivity index (χ4n) is 4.96. The first kappa shape index (κ1) is 20.8. The zero-order valence-electron chi connectivity index (χ0n) is 17.0. The van der Waals surface area contributed by atoms with Crippen molar-refractivity contribution in [1.82, 2.24) is 9.88 Å². The van der Waals surface area contributed by atoms with E-state index in [-0.39, 0.29) is 23.7 Å². The van der Waals surface area contributed by atoms with E-state index in [0.29, 0.717) is 18.5 Å². The number of sulfonamides is 1. The first-order valence-corrected chi connectivity index (χ1v) is 12.2. The molecule has 160 valence electrons. The van der Waals surface area contributed by atoms with Gasteiger partial charge in [0.15, 0.2) is 0 Å². The molecular formula is C22H27N3O4S. The molecule has 1 amide bonds. The number of fused-ring (bicyclic) bond motifs is 1. The number of hydrogen-bond donors (Lipinski definition) is 2. The maximum Gasteiger partial charge on any atom is 0.255 e. The quantitative estimate of drug-likeness (QED) is 0.779. The summed E-state index contributed by atoms with van der Waals surface area (Å²) in [5, 5.41) is 11.6. The highest BCUT2D eigenvalue weighted by Crippen LogP contribution is 2.47. The molecule has 1 saturated heterocycles. The van der Waals surface area contributed by atoms with Crippen LogP contribution in [0.3, 0.4) is 0 Å². The van der Waals surface area contributed by atoms with E-state index in [1.807, 2.05) is 35.2 Å². The van der Waals surface area contributed by atoms with Gasteiger partial charge in [-0.2, -0.15) is 0 Å².